The number of nitrogens with one attached hydrogen (secondary N) is 2. The lowest BCUT2D eigenvalue weighted by molar-refractivity contribution is -0.124. The van der Waals surface area contributed by atoms with Crippen molar-refractivity contribution in [2.75, 3.05) is 17.2 Å². The largest absolute Gasteiger partial charge is 0.405 e. The van der Waals surface area contributed by atoms with Gasteiger partial charge in [0.1, 0.15) is 6.54 Å². The molecule has 23 heavy (non-hydrogen) atoms. The minimum atomic E-state index is -4.37. The zero-order chi connectivity index (χ0) is 16.9. The Morgan fingerprint density at radius 1 is 1.00 bits per heavy atom. The summed E-state index contributed by atoms with van der Waals surface area (Å²) in [6, 6.07) is 14.2. The predicted molar refractivity (Wildman–Crippen MR) is 81.0 cm³/mol. The molecule has 4 nitrogen and oxygen atoms in total. The molecule has 2 aromatic carbocycles. The number of anilines is 2. The Bertz CT molecular complexity index is 660. The van der Waals surface area contributed by atoms with Crippen molar-refractivity contribution < 1.29 is 23.1 Å². The minimum absolute atomic E-state index is 0.124. The second kappa shape index (κ2) is 7.15. The number of carbonyl (C=O) groups is 1. The zero-order valence-electron chi connectivity index (χ0n) is 12.0. The molecule has 7 heteroatoms. The van der Waals surface area contributed by atoms with Crippen molar-refractivity contribution in [1.29, 1.82) is 0 Å². The van der Waals surface area contributed by atoms with Gasteiger partial charge in [-0.3, -0.25) is 4.79 Å². The molecule has 2 aromatic rings. The lowest BCUT2D eigenvalue weighted by Crippen LogP contribution is -2.24. The third-order valence-electron chi connectivity index (χ3n) is 3.03. The lowest BCUT2D eigenvalue weighted by Gasteiger charge is -2.16. The van der Waals surface area contributed by atoms with Crippen LogP contribution >= 0.6 is 0 Å². The normalized spacial score (nSPS) is 12.5. The molecule has 0 aliphatic heterocycles. The predicted octanol–water partition coefficient (Wildman–Crippen LogP) is 3.33. The first kappa shape index (κ1) is 16.8. The van der Waals surface area contributed by atoms with Crippen LogP contribution in [0, 0.1) is 0 Å². The second-order valence-electron chi connectivity index (χ2n) is 4.82. The number of amides is 1. The zero-order valence-corrected chi connectivity index (χ0v) is 12.0. The number of para-hydroxylation sites is 2. The van der Waals surface area contributed by atoms with E-state index in [-0.39, 0.29) is 11.4 Å². The van der Waals surface area contributed by atoms with Crippen LogP contribution in [0.15, 0.2) is 54.6 Å². The molecule has 0 spiro atoms. The molecule has 0 saturated heterocycles. The first-order valence-electron chi connectivity index (χ1n) is 6.80. The van der Waals surface area contributed by atoms with Crippen molar-refractivity contribution in [2.24, 2.45) is 0 Å². The van der Waals surface area contributed by atoms with Crippen molar-refractivity contribution in [1.82, 2.24) is 0 Å². The number of hydrogen-bond donors (Lipinski definition) is 3. The standard InChI is InChI=1S/C16H15F3N2O2/c17-16(18,19)10-20-12-8-4-5-9-13(12)21-15(23)14(22)11-6-2-1-3-7-11/h1-9,14,20,22H,10H2,(H,21,23)/t14-/m1/s1. The lowest BCUT2D eigenvalue weighted by atomic mass is 10.1. The summed E-state index contributed by atoms with van der Waals surface area (Å²) in [5.74, 6) is -0.725. The highest BCUT2D eigenvalue weighted by molar-refractivity contribution is 5.97. The third kappa shape index (κ3) is 5.00. The van der Waals surface area contributed by atoms with Crippen LogP contribution in [0.1, 0.15) is 11.7 Å². The highest BCUT2D eigenvalue weighted by Crippen LogP contribution is 2.25. The Morgan fingerprint density at radius 3 is 2.17 bits per heavy atom. The van der Waals surface area contributed by atoms with Gasteiger partial charge >= 0.3 is 6.18 Å². The Kier molecular flexibility index (Phi) is 5.23. The van der Waals surface area contributed by atoms with Crippen molar-refractivity contribution in [3.8, 4) is 0 Å². The van der Waals surface area contributed by atoms with Crippen LogP contribution in [-0.2, 0) is 4.79 Å². The molecule has 2 rings (SSSR count). The van der Waals surface area contributed by atoms with E-state index < -0.39 is 24.7 Å². The van der Waals surface area contributed by atoms with Crippen molar-refractivity contribution in [2.45, 2.75) is 12.3 Å². The summed E-state index contributed by atoms with van der Waals surface area (Å²) < 4.78 is 36.9. The fourth-order valence-electron chi connectivity index (χ4n) is 1.93. The number of halogens is 3. The molecule has 3 N–H and O–H groups in total. The monoisotopic (exact) mass is 324 g/mol. The summed E-state index contributed by atoms with van der Waals surface area (Å²) in [5, 5.41) is 14.6. The van der Waals surface area contributed by atoms with Crippen LogP contribution in [0.25, 0.3) is 0 Å². The summed E-state index contributed by atoms with van der Waals surface area (Å²) in [7, 11) is 0. The third-order valence-corrected chi connectivity index (χ3v) is 3.03. The smallest absolute Gasteiger partial charge is 0.378 e. The SMILES string of the molecule is O=C(Nc1ccccc1NCC(F)(F)F)[C@H](O)c1ccccc1. The van der Waals surface area contributed by atoms with Gasteiger partial charge in [0.05, 0.1) is 11.4 Å². The van der Waals surface area contributed by atoms with Crippen LogP contribution in [0.4, 0.5) is 24.5 Å². The molecule has 0 aromatic heterocycles. The highest BCUT2D eigenvalue weighted by atomic mass is 19.4. The van der Waals surface area contributed by atoms with Gasteiger partial charge in [-0.1, -0.05) is 42.5 Å². The van der Waals surface area contributed by atoms with E-state index in [1.165, 1.54) is 12.1 Å². The van der Waals surface area contributed by atoms with E-state index in [9.17, 15) is 23.1 Å². The molecule has 1 atom stereocenters. The van der Waals surface area contributed by atoms with E-state index in [1.807, 2.05) is 0 Å². The van der Waals surface area contributed by atoms with Crippen LogP contribution < -0.4 is 10.6 Å². The maximum atomic E-state index is 12.3. The van der Waals surface area contributed by atoms with Gasteiger partial charge in [-0.05, 0) is 17.7 Å². The summed E-state index contributed by atoms with van der Waals surface area (Å²) in [5.41, 5.74) is 0.681. The fourth-order valence-corrected chi connectivity index (χ4v) is 1.93. The maximum Gasteiger partial charge on any atom is 0.405 e. The molecule has 0 bridgehead atoms. The van der Waals surface area contributed by atoms with E-state index in [4.69, 9.17) is 0 Å². The van der Waals surface area contributed by atoms with Gasteiger partial charge in [0, 0.05) is 0 Å². The molecule has 0 aliphatic carbocycles. The Labute approximate surface area is 131 Å². The summed E-state index contributed by atoms with van der Waals surface area (Å²) in [6.07, 6.45) is -5.78. The number of carbonyl (C=O) groups excluding carboxylic acids is 1. The Hall–Kier alpha value is -2.54. The first-order valence-corrected chi connectivity index (χ1v) is 6.80. The molecule has 0 heterocycles. The average Bonchev–Trinajstić information content (AvgIpc) is 2.53. The van der Waals surface area contributed by atoms with E-state index in [0.717, 1.165) is 0 Å². The molecular weight excluding hydrogens is 309 g/mol. The maximum absolute atomic E-state index is 12.3. The number of aliphatic hydroxyl groups excluding tert-OH is 1. The van der Waals surface area contributed by atoms with E-state index in [2.05, 4.69) is 10.6 Å². The highest BCUT2D eigenvalue weighted by Gasteiger charge is 2.27. The van der Waals surface area contributed by atoms with Gasteiger partial charge in [-0.25, -0.2) is 0 Å². The van der Waals surface area contributed by atoms with Crippen molar-refractivity contribution >= 4 is 17.3 Å². The minimum Gasteiger partial charge on any atom is -0.378 e. The number of benzene rings is 2. The van der Waals surface area contributed by atoms with Crippen LogP contribution in [0.5, 0.6) is 0 Å². The molecule has 0 unspecified atom stereocenters. The summed E-state index contributed by atoms with van der Waals surface area (Å²) in [6.45, 7) is -1.22. The van der Waals surface area contributed by atoms with Gasteiger partial charge in [0.2, 0.25) is 0 Å². The first-order chi connectivity index (χ1) is 10.9. The quantitative estimate of drug-likeness (QED) is 0.790. The molecule has 1 amide bonds. The summed E-state index contributed by atoms with van der Waals surface area (Å²) >= 11 is 0. The Balaban J connectivity index is 2.09. The van der Waals surface area contributed by atoms with Gasteiger partial charge in [0.25, 0.3) is 5.91 Å². The van der Waals surface area contributed by atoms with Crippen molar-refractivity contribution in [3.63, 3.8) is 0 Å². The summed E-state index contributed by atoms with van der Waals surface area (Å²) in [4.78, 5) is 12.1. The van der Waals surface area contributed by atoms with E-state index in [0.29, 0.717) is 5.56 Å². The van der Waals surface area contributed by atoms with Crippen LogP contribution in [0.3, 0.4) is 0 Å². The van der Waals surface area contributed by atoms with Crippen LogP contribution in [0.2, 0.25) is 0 Å². The van der Waals surface area contributed by atoms with E-state index >= 15 is 0 Å². The number of aliphatic hydroxyl groups is 1. The Morgan fingerprint density at radius 2 is 1.57 bits per heavy atom. The second-order valence-corrected chi connectivity index (χ2v) is 4.82. The van der Waals surface area contributed by atoms with E-state index in [1.54, 1.807) is 42.5 Å². The van der Waals surface area contributed by atoms with Gasteiger partial charge in [-0.15, -0.1) is 0 Å². The topological polar surface area (TPSA) is 61.4 Å². The average molecular weight is 324 g/mol. The van der Waals surface area contributed by atoms with Crippen LogP contribution in [-0.4, -0.2) is 23.7 Å². The van der Waals surface area contributed by atoms with Gasteiger partial charge in [-0.2, -0.15) is 13.2 Å². The van der Waals surface area contributed by atoms with Gasteiger partial charge < -0.3 is 15.7 Å². The molecule has 0 aliphatic rings. The van der Waals surface area contributed by atoms with Crippen molar-refractivity contribution in [3.05, 3.63) is 60.2 Å². The molecule has 0 radical (unpaired) electrons. The molecule has 122 valence electrons. The van der Waals surface area contributed by atoms with Gasteiger partial charge in [0.15, 0.2) is 6.10 Å². The number of hydrogen-bond acceptors (Lipinski definition) is 3. The number of alkyl halides is 3. The molecule has 0 saturated carbocycles. The molecular formula is C16H15F3N2O2. The number of rotatable bonds is 5. The fraction of sp³-hybridized carbons (Fsp3) is 0.188. The molecule has 0 fully saturated rings.